The van der Waals surface area contributed by atoms with Gasteiger partial charge in [-0.2, -0.15) is 36.8 Å². The summed E-state index contributed by atoms with van der Waals surface area (Å²) in [6, 6.07) is 18.2. The lowest BCUT2D eigenvalue weighted by Crippen LogP contribution is -2.24. The van der Waals surface area contributed by atoms with Crippen LogP contribution >= 0.6 is 0 Å². The fourth-order valence-corrected chi connectivity index (χ4v) is 10.2. The van der Waals surface area contributed by atoms with Crippen molar-refractivity contribution < 1.29 is 35.9 Å². The van der Waals surface area contributed by atoms with Crippen LogP contribution in [0.5, 0.6) is 0 Å². The van der Waals surface area contributed by atoms with Gasteiger partial charge in [0.25, 0.3) is 0 Å². The molecule has 406 valence electrons. The summed E-state index contributed by atoms with van der Waals surface area (Å²) in [6.45, 7) is 5.49. The number of nitrogens with one attached hydrogen (secondary N) is 4. The molecule has 2 aromatic carbocycles. The van der Waals surface area contributed by atoms with Gasteiger partial charge in [0, 0.05) is 44.2 Å². The molecule has 0 radical (unpaired) electrons. The highest BCUT2D eigenvalue weighted by atomic mass is 32.2. The molecular weight excluding hydrogens is 1050 g/mol. The van der Waals surface area contributed by atoms with Gasteiger partial charge in [-0.25, -0.2) is 24.9 Å². The molecule has 10 aromatic rings. The second kappa shape index (κ2) is 23.3. The van der Waals surface area contributed by atoms with Crippen LogP contribution in [-0.4, -0.2) is 125 Å². The Morgan fingerprint density at radius 1 is 0.654 bits per heavy atom. The van der Waals surface area contributed by atoms with E-state index in [0.29, 0.717) is 126 Å². The van der Waals surface area contributed by atoms with Crippen LogP contribution in [0.15, 0.2) is 124 Å². The molecule has 0 aliphatic heterocycles. The summed E-state index contributed by atoms with van der Waals surface area (Å²) in [5.41, 5.74) is 5.41. The van der Waals surface area contributed by atoms with Gasteiger partial charge < -0.3 is 49.4 Å². The second-order valence-corrected chi connectivity index (χ2v) is 21.5. The maximum Gasteiger partial charge on any atom is 0.338 e. The lowest BCUT2D eigenvalue weighted by atomic mass is 10.1. The number of rotatable bonds is 27. The molecule has 2 atom stereocenters. The fourth-order valence-electron chi connectivity index (χ4n) is 8.26. The number of benzene rings is 2. The molecule has 78 heavy (non-hydrogen) atoms. The molecule has 6 N–H and O–H groups in total. The summed E-state index contributed by atoms with van der Waals surface area (Å²) in [7, 11) is -8.33. The van der Waals surface area contributed by atoms with E-state index in [2.05, 4.69) is 56.4 Å². The number of nitrogens with zero attached hydrogens (tertiary/aromatic N) is 15. The van der Waals surface area contributed by atoms with Gasteiger partial charge >= 0.3 is 25.3 Å². The van der Waals surface area contributed by atoms with Crippen molar-refractivity contribution in [2.24, 2.45) is 0 Å². The molecule has 8 aromatic heterocycles. The first kappa shape index (κ1) is 52.8. The third-order valence-electron chi connectivity index (χ3n) is 12.7. The number of oxazole rings is 1. The predicted molar refractivity (Wildman–Crippen MR) is 284 cm³/mol. The van der Waals surface area contributed by atoms with Gasteiger partial charge in [-0.3, -0.25) is 0 Å². The molecule has 0 aliphatic rings. The first-order chi connectivity index (χ1) is 37.9. The Labute approximate surface area is 446 Å². The molecule has 0 bridgehead atoms. The highest BCUT2D eigenvalue weighted by Gasteiger charge is 2.26. The van der Waals surface area contributed by atoms with Crippen LogP contribution in [0.3, 0.4) is 0 Å². The molecule has 0 spiro atoms. The quantitative estimate of drug-likeness (QED) is 0.0405. The third kappa shape index (κ3) is 11.7. The van der Waals surface area contributed by atoms with Crippen LogP contribution in [0.4, 0.5) is 23.5 Å². The van der Waals surface area contributed by atoms with E-state index in [1.165, 1.54) is 18.5 Å². The van der Waals surface area contributed by atoms with Crippen molar-refractivity contribution in [3.05, 3.63) is 127 Å². The molecule has 27 nitrogen and oxygen atoms in total. The van der Waals surface area contributed by atoms with Gasteiger partial charge in [-0.15, -0.1) is 18.4 Å². The Bertz CT molecular complexity index is 3830. The summed E-state index contributed by atoms with van der Waals surface area (Å²) >= 11 is 0. The largest absolute Gasteiger partial charge is 0.451 e. The number of furan rings is 1. The zero-order valence-electron chi connectivity index (χ0n) is 42.3. The molecule has 29 heteroatoms. The number of aromatic nitrogens is 15. The first-order valence-corrected chi connectivity index (χ1v) is 27.9. The monoisotopic (exact) mass is 1100 g/mol. The molecule has 10 rings (SSSR count). The highest BCUT2D eigenvalue weighted by molar-refractivity contribution is 7.89. The second-order valence-electron chi connectivity index (χ2n) is 18.1. The summed E-state index contributed by atoms with van der Waals surface area (Å²) < 4.78 is 69.3. The molecule has 0 saturated heterocycles. The highest BCUT2D eigenvalue weighted by Crippen LogP contribution is 2.27. The maximum atomic E-state index is 13.7. The molecular formula is C49H55N19O8S2. The smallest absolute Gasteiger partial charge is 0.338 e. The average molecular weight is 1100 g/mol. The Morgan fingerprint density at radius 3 is 1.86 bits per heavy atom. The number of hydrogen-bond acceptors (Lipinski definition) is 23. The van der Waals surface area contributed by atoms with Crippen molar-refractivity contribution in [2.45, 2.75) is 101 Å². The Hall–Kier alpha value is -8.67. The lowest BCUT2D eigenvalue weighted by Gasteiger charge is -2.15. The van der Waals surface area contributed by atoms with Crippen molar-refractivity contribution >= 4 is 65.9 Å². The van der Waals surface area contributed by atoms with Gasteiger partial charge in [0.1, 0.15) is 24.7 Å². The summed E-state index contributed by atoms with van der Waals surface area (Å²) in [6.07, 6.45) is 12.7. The first-order valence-electron chi connectivity index (χ1n) is 25.0. The maximum absolute atomic E-state index is 13.7. The molecule has 0 fully saturated rings. The van der Waals surface area contributed by atoms with E-state index in [0.717, 1.165) is 34.2 Å². The number of aliphatic hydroxyl groups excluding tert-OH is 2. The van der Waals surface area contributed by atoms with Crippen LogP contribution in [0, 0.1) is 0 Å². The predicted octanol–water partition coefficient (Wildman–Crippen LogP) is 4.73. The fraction of sp³-hybridized carbons (Fsp3) is 0.327. The van der Waals surface area contributed by atoms with E-state index in [9.17, 15) is 27.0 Å². The minimum absolute atomic E-state index is 0.0772. The number of fused-ring (bicyclic) bond motifs is 2. The SMILES string of the molecule is CC[C@H](CO)Nc1nc(NCc2ccccc2)c2ncn(CCCc3coc(S(=O)(=O)n4cnc(-c5ccc(CNc6nc(N[C@H](CC)CO)nc7c6ncn7CCCc6cnc(S(=O)(=O)n7cncn7)o6)cc5)n4)c3)c2n1. The molecule has 0 saturated carbocycles. The van der Waals surface area contributed by atoms with Crippen LogP contribution in [0.2, 0.25) is 0 Å². The topological polar surface area (TPSA) is 345 Å². The van der Waals surface area contributed by atoms with Crippen LogP contribution in [0.25, 0.3) is 33.7 Å². The van der Waals surface area contributed by atoms with Gasteiger partial charge in [-0.1, -0.05) is 68.4 Å². The number of anilines is 4. The number of aliphatic hydroxyl groups is 2. The number of aryl methyl sites for hydroxylation is 4. The van der Waals surface area contributed by atoms with E-state index in [-0.39, 0.29) is 42.2 Å². The van der Waals surface area contributed by atoms with Gasteiger partial charge in [0.15, 0.2) is 39.8 Å². The van der Waals surface area contributed by atoms with Crippen molar-refractivity contribution in [2.75, 3.05) is 34.5 Å². The van der Waals surface area contributed by atoms with Gasteiger partial charge in [0.05, 0.1) is 50.4 Å². The average Bonchev–Trinajstić information content (AvgIpc) is 4.36. The van der Waals surface area contributed by atoms with E-state index in [1.807, 2.05) is 65.4 Å². The number of imidazole rings is 2. The molecule has 0 amide bonds. The van der Waals surface area contributed by atoms with Crippen LogP contribution < -0.4 is 21.3 Å². The van der Waals surface area contributed by atoms with E-state index in [4.69, 9.17) is 28.8 Å². The van der Waals surface area contributed by atoms with E-state index < -0.39 is 25.3 Å². The van der Waals surface area contributed by atoms with Crippen LogP contribution in [0.1, 0.15) is 62.0 Å². The normalized spacial score (nSPS) is 12.8. The Morgan fingerprint density at radius 2 is 1.27 bits per heavy atom. The van der Waals surface area contributed by atoms with Crippen molar-refractivity contribution in [3.63, 3.8) is 0 Å². The molecule has 0 aliphatic carbocycles. The summed E-state index contributed by atoms with van der Waals surface area (Å²) in [5.74, 6) is 2.21. The van der Waals surface area contributed by atoms with Crippen molar-refractivity contribution in [1.29, 1.82) is 0 Å². The Balaban J connectivity index is 0.765. The molecule has 8 heterocycles. The van der Waals surface area contributed by atoms with E-state index in [1.54, 1.807) is 24.8 Å². The Kier molecular flexibility index (Phi) is 15.8. The van der Waals surface area contributed by atoms with Crippen LogP contribution in [-0.2, 0) is 59.1 Å². The summed E-state index contributed by atoms with van der Waals surface area (Å²) in [5, 5.41) is 40.2. The van der Waals surface area contributed by atoms with Crippen molar-refractivity contribution in [1.82, 2.24) is 72.4 Å². The van der Waals surface area contributed by atoms with E-state index >= 15 is 0 Å². The number of hydrogen-bond donors (Lipinski definition) is 6. The lowest BCUT2D eigenvalue weighted by molar-refractivity contribution is 0.271. The van der Waals surface area contributed by atoms with Gasteiger partial charge in [0.2, 0.25) is 17.0 Å². The molecule has 0 unspecified atom stereocenters. The van der Waals surface area contributed by atoms with Gasteiger partial charge in [-0.05, 0) is 48.8 Å². The zero-order chi connectivity index (χ0) is 54.2. The van der Waals surface area contributed by atoms with Crippen molar-refractivity contribution in [3.8, 4) is 11.4 Å². The summed E-state index contributed by atoms with van der Waals surface area (Å²) in [4.78, 5) is 40.1. The minimum Gasteiger partial charge on any atom is -0.451 e. The zero-order valence-corrected chi connectivity index (χ0v) is 44.0. The third-order valence-corrected chi connectivity index (χ3v) is 15.4. The minimum atomic E-state index is -4.23. The standard InChI is InChI=1S/C49H55N19O8S2/c1-3-36(24-69)58-47-60-43(51-21-32-10-6-5-7-11-32)40-45(62-47)65(29-54-40)18-8-12-34-20-39(75-26-34)77(71,72)68-31-56-42(64-68)35-16-14-33(15-17-35)22-52-44-41-46(63-48(61-44)59-37(4-2)25-70)66(30-55-41)19-9-13-38-23-53-49(76-38)78(73,74)67-28-50-27-57-67/h5-7,10-11,14-17,20,23,26-31,36-37,69-70H,3-4,8-9,12-13,18-19,21-22,24-25H2,1-2H3,(H2,51,58,60,62)(H2,52,59,61,63)/t36-,37-/m1/s1.